The van der Waals surface area contributed by atoms with E-state index >= 15 is 0 Å². The maximum absolute atomic E-state index is 13.5. The van der Waals surface area contributed by atoms with Crippen LogP contribution in [0.3, 0.4) is 0 Å². The number of benzene rings is 2. The Hall–Kier alpha value is -1.67. The van der Waals surface area contributed by atoms with Gasteiger partial charge >= 0.3 is 6.03 Å². The molecule has 0 heterocycles. The molecule has 0 aliphatic rings. The molecular formula is C15H14FIN2O2. The molecule has 1 unspecified atom stereocenters. The number of amides is 2. The number of hydrogen-bond acceptors (Lipinski definition) is 2. The molecule has 0 aliphatic heterocycles. The molecule has 2 rings (SSSR count). The number of urea groups is 1. The van der Waals surface area contributed by atoms with Crippen molar-refractivity contribution in [1.29, 1.82) is 0 Å². The number of anilines is 1. The van der Waals surface area contributed by atoms with Crippen LogP contribution in [0.5, 0.6) is 0 Å². The number of carbonyl (C=O) groups is 1. The first-order chi connectivity index (χ1) is 10.1. The number of carbonyl (C=O) groups excluding carboxylic acids is 1. The Bertz CT molecular complexity index is 637. The van der Waals surface area contributed by atoms with E-state index < -0.39 is 18.0 Å². The summed E-state index contributed by atoms with van der Waals surface area (Å²) in [5.74, 6) is -0.496. The first-order valence-electron chi connectivity index (χ1n) is 6.29. The molecule has 1 atom stereocenters. The summed E-state index contributed by atoms with van der Waals surface area (Å²) in [7, 11) is 0. The number of rotatable bonds is 4. The second-order valence-corrected chi connectivity index (χ2v) is 5.63. The summed E-state index contributed by atoms with van der Waals surface area (Å²) < 4.78 is 14.5. The van der Waals surface area contributed by atoms with Crippen molar-refractivity contribution in [2.45, 2.75) is 6.10 Å². The highest BCUT2D eigenvalue weighted by atomic mass is 127. The Morgan fingerprint density at radius 3 is 2.71 bits per heavy atom. The molecule has 0 bridgehead atoms. The van der Waals surface area contributed by atoms with E-state index in [1.165, 1.54) is 12.1 Å². The fourth-order valence-electron chi connectivity index (χ4n) is 1.79. The molecule has 2 aromatic carbocycles. The largest absolute Gasteiger partial charge is 0.386 e. The van der Waals surface area contributed by atoms with E-state index in [0.717, 1.165) is 3.57 Å². The Morgan fingerprint density at radius 2 is 2.00 bits per heavy atom. The van der Waals surface area contributed by atoms with Gasteiger partial charge in [0.05, 0.1) is 6.10 Å². The van der Waals surface area contributed by atoms with Crippen LogP contribution in [0.1, 0.15) is 11.7 Å². The summed E-state index contributed by atoms with van der Waals surface area (Å²) >= 11 is 2.14. The Labute approximate surface area is 135 Å². The molecule has 0 radical (unpaired) electrons. The summed E-state index contributed by atoms with van der Waals surface area (Å²) in [5.41, 5.74) is 0.812. The third-order valence-electron chi connectivity index (χ3n) is 2.80. The van der Waals surface area contributed by atoms with E-state index in [1.54, 1.807) is 18.2 Å². The van der Waals surface area contributed by atoms with Gasteiger partial charge in [-0.15, -0.1) is 0 Å². The van der Waals surface area contributed by atoms with Gasteiger partial charge in [0, 0.05) is 21.4 Å². The molecule has 110 valence electrons. The summed E-state index contributed by atoms with van der Waals surface area (Å²) in [6, 6.07) is 12.8. The van der Waals surface area contributed by atoms with E-state index in [4.69, 9.17) is 0 Å². The van der Waals surface area contributed by atoms with Crippen molar-refractivity contribution < 1.29 is 14.3 Å². The lowest BCUT2D eigenvalue weighted by atomic mass is 10.1. The lowest BCUT2D eigenvalue weighted by Crippen LogP contribution is -2.32. The van der Waals surface area contributed by atoms with Crippen LogP contribution in [0.15, 0.2) is 48.5 Å². The zero-order chi connectivity index (χ0) is 15.2. The van der Waals surface area contributed by atoms with E-state index in [-0.39, 0.29) is 12.1 Å². The molecule has 0 spiro atoms. The Morgan fingerprint density at radius 1 is 1.24 bits per heavy atom. The van der Waals surface area contributed by atoms with Crippen LogP contribution in [-0.2, 0) is 0 Å². The van der Waals surface area contributed by atoms with Gasteiger partial charge in [0.2, 0.25) is 0 Å². The highest BCUT2D eigenvalue weighted by Crippen LogP contribution is 2.16. The number of aliphatic hydroxyl groups excluding tert-OH is 1. The molecule has 0 saturated carbocycles. The van der Waals surface area contributed by atoms with Crippen molar-refractivity contribution in [3.8, 4) is 0 Å². The molecule has 0 fully saturated rings. The molecule has 0 aromatic heterocycles. The quantitative estimate of drug-likeness (QED) is 0.690. The summed E-state index contributed by atoms with van der Waals surface area (Å²) in [6.45, 7) is -0.0727. The van der Waals surface area contributed by atoms with Gasteiger partial charge in [0.15, 0.2) is 0 Å². The van der Waals surface area contributed by atoms with Crippen LogP contribution in [0.25, 0.3) is 0 Å². The summed E-state index contributed by atoms with van der Waals surface area (Å²) in [6.07, 6.45) is -1.09. The third kappa shape index (κ3) is 4.68. The van der Waals surface area contributed by atoms with Crippen molar-refractivity contribution in [2.75, 3.05) is 11.9 Å². The number of nitrogens with one attached hydrogen (secondary N) is 2. The number of hydrogen-bond donors (Lipinski definition) is 3. The zero-order valence-electron chi connectivity index (χ0n) is 11.0. The first kappa shape index (κ1) is 15.7. The van der Waals surface area contributed by atoms with Gasteiger partial charge in [-0.3, -0.25) is 0 Å². The second-order valence-electron chi connectivity index (χ2n) is 4.38. The van der Waals surface area contributed by atoms with Gasteiger partial charge in [-0.1, -0.05) is 24.3 Å². The number of halogens is 2. The van der Waals surface area contributed by atoms with E-state index in [1.807, 2.05) is 18.2 Å². The Kier molecular flexibility index (Phi) is 5.51. The van der Waals surface area contributed by atoms with Gasteiger partial charge in [-0.05, 0) is 46.9 Å². The SMILES string of the molecule is O=C(NCC(O)c1ccccc1F)Nc1cccc(I)c1. The third-order valence-corrected chi connectivity index (χ3v) is 3.47. The maximum Gasteiger partial charge on any atom is 0.319 e. The molecule has 21 heavy (non-hydrogen) atoms. The lowest BCUT2D eigenvalue weighted by Gasteiger charge is -2.13. The highest BCUT2D eigenvalue weighted by Gasteiger charge is 2.13. The van der Waals surface area contributed by atoms with Crippen LogP contribution in [0.2, 0.25) is 0 Å². The van der Waals surface area contributed by atoms with Crippen molar-refractivity contribution >= 4 is 34.3 Å². The average Bonchev–Trinajstić information content (AvgIpc) is 2.45. The predicted octanol–water partition coefficient (Wildman–Crippen LogP) is 3.29. The number of aliphatic hydroxyl groups is 1. The van der Waals surface area contributed by atoms with Gasteiger partial charge in [0.25, 0.3) is 0 Å². The van der Waals surface area contributed by atoms with E-state index in [0.29, 0.717) is 5.69 Å². The van der Waals surface area contributed by atoms with Crippen molar-refractivity contribution in [3.63, 3.8) is 0 Å². The smallest absolute Gasteiger partial charge is 0.319 e. The first-order valence-corrected chi connectivity index (χ1v) is 7.37. The van der Waals surface area contributed by atoms with Gasteiger partial charge in [-0.2, -0.15) is 0 Å². The van der Waals surface area contributed by atoms with Crippen LogP contribution in [0, 0.1) is 9.39 Å². The fourth-order valence-corrected chi connectivity index (χ4v) is 2.33. The highest BCUT2D eigenvalue weighted by molar-refractivity contribution is 14.1. The second kappa shape index (κ2) is 7.37. The van der Waals surface area contributed by atoms with Gasteiger partial charge in [-0.25, -0.2) is 9.18 Å². The maximum atomic E-state index is 13.5. The standard InChI is InChI=1S/C15H14FIN2O2/c16-13-7-2-1-6-12(13)14(20)9-18-15(21)19-11-5-3-4-10(17)8-11/h1-8,14,20H,9H2,(H2,18,19,21). The lowest BCUT2D eigenvalue weighted by molar-refractivity contribution is 0.170. The summed E-state index contributed by atoms with van der Waals surface area (Å²) in [4.78, 5) is 11.7. The average molecular weight is 400 g/mol. The van der Waals surface area contributed by atoms with Gasteiger partial charge in [0.1, 0.15) is 5.82 Å². The van der Waals surface area contributed by atoms with Crippen LogP contribution < -0.4 is 10.6 Å². The van der Waals surface area contributed by atoms with Gasteiger partial charge < -0.3 is 15.7 Å². The molecular weight excluding hydrogens is 386 g/mol. The van der Waals surface area contributed by atoms with Crippen molar-refractivity contribution in [1.82, 2.24) is 5.32 Å². The topological polar surface area (TPSA) is 61.4 Å². The van der Waals surface area contributed by atoms with E-state index in [2.05, 4.69) is 33.2 Å². The molecule has 6 heteroatoms. The van der Waals surface area contributed by atoms with E-state index in [9.17, 15) is 14.3 Å². The molecule has 2 aromatic rings. The van der Waals surface area contributed by atoms with Crippen molar-refractivity contribution in [3.05, 3.63) is 63.5 Å². The molecule has 2 amide bonds. The summed E-state index contributed by atoms with van der Waals surface area (Å²) in [5, 5.41) is 15.0. The molecule has 3 N–H and O–H groups in total. The molecule has 0 saturated heterocycles. The predicted molar refractivity (Wildman–Crippen MR) is 87.5 cm³/mol. The molecule has 4 nitrogen and oxygen atoms in total. The minimum Gasteiger partial charge on any atom is -0.386 e. The Balaban J connectivity index is 1.88. The zero-order valence-corrected chi connectivity index (χ0v) is 13.2. The normalized spacial score (nSPS) is 11.8. The van der Waals surface area contributed by atoms with Crippen molar-refractivity contribution in [2.24, 2.45) is 0 Å². The minimum absolute atomic E-state index is 0.0727. The fraction of sp³-hybridized carbons (Fsp3) is 0.133. The molecule has 0 aliphatic carbocycles. The monoisotopic (exact) mass is 400 g/mol. The van der Waals surface area contributed by atoms with Crippen LogP contribution >= 0.6 is 22.6 Å². The van der Waals surface area contributed by atoms with Crippen LogP contribution in [0.4, 0.5) is 14.9 Å². The minimum atomic E-state index is -1.09. The van der Waals surface area contributed by atoms with Crippen LogP contribution in [-0.4, -0.2) is 17.7 Å².